The van der Waals surface area contributed by atoms with Gasteiger partial charge in [0.1, 0.15) is 5.76 Å². The molecule has 3 heterocycles. The Morgan fingerprint density at radius 1 is 1.60 bits per heavy atom. The van der Waals surface area contributed by atoms with Crippen LogP contribution in [0.25, 0.3) is 0 Å². The first kappa shape index (κ1) is 13.6. The number of piperidine rings is 1. The highest BCUT2D eigenvalue weighted by Crippen LogP contribution is 2.26. The number of hydrogen-bond acceptors (Lipinski definition) is 5. The van der Waals surface area contributed by atoms with E-state index in [0.717, 1.165) is 32.1 Å². The van der Waals surface area contributed by atoms with Gasteiger partial charge < -0.3 is 15.2 Å². The summed E-state index contributed by atoms with van der Waals surface area (Å²) in [5.74, 6) is 1.99. The van der Waals surface area contributed by atoms with E-state index in [1.165, 1.54) is 12.8 Å². The molecule has 110 valence electrons. The number of hydrogen-bond donors (Lipinski definition) is 2. The number of nitrogens with zero attached hydrogens (tertiary/aromatic N) is 2. The van der Waals surface area contributed by atoms with E-state index < -0.39 is 0 Å². The molecule has 2 fully saturated rings. The maximum Gasteiger partial charge on any atom is 0.226 e. The van der Waals surface area contributed by atoms with Gasteiger partial charge in [-0.1, -0.05) is 5.16 Å². The second-order valence-electron chi connectivity index (χ2n) is 5.78. The fourth-order valence-electron chi connectivity index (χ4n) is 3.32. The first-order chi connectivity index (χ1) is 9.72. The van der Waals surface area contributed by atoms with Crippen molar-refractivity contribution in [2.75, 3.05) is 31.5 Å². The van der Waals surface area contributed by atoms with Crippen molar-refractivity contribution in [2.45, 2.75) is 32.2 Å². The lowest BCUT2D eigenvalue weighted by Crippen LogP contribution is -2.46. The highest BCUT2D eigenvalue weighted by molar-refractivity contribution is 5.89. The minimum Gasteiger partial charge on any atom is -0.360 e. The standard InChI is InChI=1S/C14H22N4O2/c1-10-7-13(17-20-10)16-14(19)4-6-18-5-2-3-11-8-15-9-12(11)18/h7,11-12,15H,2-6,8-9H2,1H3,(H,16,17,19). The molecular formula is C14H22N4O2. The Balaban J connectivity index is 1.47. The summed E-state index contributed by atoms with van der Waals surface area (Å²) in [6, 6.07) is 2.35. The van der Waals surface area contributed by atoms with Crippen molar-refractivity contribution in [3.05, 3.63) is 11.8 Å². The summed E-state index contributed by atoms with van der Waals surface area (Å²) in [5, 5.41) is 10.0. The molecule has 1 aromatic heterocycles. The van der Waals surface area contributed by atoms with E-state index in [9.17, 15) is 4.79 Å². The van der Waals surface area contributed by atoms with Crippen LogP contribution in [-0.2, 0) is 4.79 Å². The normalized spacial score (nSPS) is 26.4. The van der Waals surface area contributed by atoms with Crippen LogP contribution in [0.1, 0.15) is 25.0 Å². The van der Waals surface area contributed by atoms with E-state index in [2.05, 4.69) is 20.7 Å². The quantitative estimate of drug-likeness (QED) is 0.859. The van der Waals surface area contributed by atoms with Gasteiger partial charge in [0.2, 0.25) is 5.91 Å². The molecule has 2 aliphatic rings. The van der Waals surface area contributed by atoms with Crippen molar-refractivity contribution in [1.29, 1.82) is 0 Å². The molecule has 0 aliphatic carbocycles. The monoisotopic (exact) mass is 278 g/mol. The van der Waals surface area contributed by atoms with Gasteiger partial charge in [0.25, 0.3) is 0 Å². The zero-order valence-corrected chi connectivity index (χ0v) is 11.9. The van der Waals surface area contributed by atoms with E-state index in [1.54, 1.807) is 6.07 Å². The molecule has 0 saturated carbocycles. The first-order valence-electron chi connectivity index (χ1n) is 7.40. The molecule has 2 aliphatic heterocycles. The fraction of sp³-hybridized carbons (Fsp3) is 0.714. The molecule has 0 spiro atoms. The topological polar surface area (TPSA) is 70.4 Å². The number of aromatic nitrogens is 1. The Morgan fingerprint density at radius 3 is 3.30 bits per heavy atom. The van der Waals surface area contributed by atoms with E-state index in [1.807, 2.05) is 6.92 Å². The van der Waals surface area contributed by atoms with Gasteiger partial charge in [-0.15, -0.1) is 0 Å². The minimum atomic E-state index is 0.00591. The SMILES string of the molecule is Cc1cc(NC(=O)CCN2CCCC3CNCC32)no1. The molecule has 6 heteroatoms. The zero-order chi connectivity index (χ0) is 13.9. The van der Waals surface area contributed by atoms with Gasteiger partial charge in [-0.25, -0.2) is 0 Å². The molecular weight excluding hydrogens is 256 g/mol. The molecule has 6 nitrogen and oxygen atoms in total. The van der Waals surface area contributed by atoms with E-state index in [-0.39, 0.29) is 5.91 Å². The summed E-state index contributed by atoms with van der Waals surface area (Å²) in [5.41, 5.74) is 0. The summed E-state index contributed by atoms with van der Waals surface area (Å²) in [7, 11) is 0. The summed E-state index contributed by atoms with van der Waals surface area (Å²) in [6.45, 7) is 5.94. The van der Waals surface area contributed by atoms with Crippen LogP contribution in [-0.4, -0.2) is 48.2 Å². The number of carbonyl (C=O) groups excluding carboxylic acids is 1. The average molecular weight is 278 g/mol. The van der Waals surface area contributed by atoms with Crippen molar-refractivity contribution in [1.82, 2.24) is 15.4 Å². The van der Waals surface area contributed by atoms with Gasteiger partial charge in [-0.3, -0.25) is 9.69 Å². The average Bonchev–Trinajstić information content (AvgIpc) is 3.05. The lowest BCUT2D eigenvalue weighted by molar-refractivity contribution is -0.116. The molecule has 1 aromatic rings. The van der Waals surface area contributed by atoms with Crippen molar-refractivity contribution in [2.24, 2.45) is 5.92 Å². The minimum absolute atomic E-state index is 0.00591. The van der Waals surface area contributed by atoms with Crippen LogP contribution in [0, 0.1) is 12.8 Å². The number of anilines is 1. The third-order valence-corrected chi connectivity index (χ3v) is 4.31. The van der Waals surface area contributed by atoms with Gasteiger partial charge in [0.05, 0.1) is 0 Å². The van der Waals surface area contributed by atoms with Crippen molar-refractivity contribution < 1.29 is 9.32 Å². The number of fused-ring (bicyclic) bond motifs is 1. The molecule has 0 aromatic carbocycles. The predicted molar refractivity (Wildman–Crippen MR) is 75.4 cm³/mol. The Kier molecular flexibility index (Phi) is 4.03. The highest BCUT2D eigenvalue weighted by atomic mass is 16.5. The molecule has 0 radical (unpaired) electrons. The van der Waals surface area contributed by atoms with Crippen LogP contribution in [0.5, 0.6) is 0 Å². The molecule has 0 bridgehead atoms. The molecule has 3 rings (SSSR count). The van der Waals surface area contributed by atoms with E-state index in [0.29, 0.717) is 24.0 Å². The van der Waals surface area contributed by atoms with Gasteiger partial charge in [0, 0.05) is 31.6 Å². The van der Waals surface area contributed by atoms with E-state index in [4.69, 9.17) is 4.52 Å². The van der Waals surface area contributed by atoms with Crippen LogP contribution < -0.4 is 10.6 Å². The lowest BCUT2D eigenvalue weighted by Gasteiger charge is -2.36. The Morgan fingerprint density at radius 2 is 2.50 bits per heavy atom. The smallest absolute Gasteiger partial charge is 0.226 e. The second kappa shape index (κ2) is 5.93. The Labute approximate surface area is 118 Å². The molecule has 2 atom stereocenters. The highest BCUT2D eigenvalue weighted by Gasteiger charge is 2.34. The number of nitrogens with one attached hydrogen (secondary N) is 2. The largest absolute Gasteiger partial charge is 0.360 e. The summed E-state index contributed by atoms with van der Waals surface area (Å²) in [6.07, 6.45) is 3.07. The van der Waals surface area contributed by atoms with Crippen LogP contribution >= 0.6 is 0 Å². The summed E-state index contributed by atoms with van der Waals surface area (Å²) in [4.78, 5) is 14.4. The maximum absolute atomic E-state index is 11.9. The van der Waals surface area contributed by atoms with Crippen molar-refractivity contribution in [3.63, 3.8) is 0 Å². The number of aryl methyl sites for hydroxylation is 1. The third kappa shape index (κ3) is 3.02. The predicted octanol–water partition coefficient (Wildman–Crippen LogP) is 0.995. The Bertz CT molecular complexity index is 473. The third-order valence-electron chi connectivity index (χ3n) is 4.31. The first-order valence-corrected chi connectivity index (χ1v) is 7.40. The fourth-order valence-corrected chi connectivity index (χ4v) is 3.32. The van der Waals surface area contributed by atoms with Gasteiger partial charge in [0.15, 0.2) is 5.82 Å². The number of carbonyl (C=O) groups is 1. The number of rotatable bonds is 4. The van der Waals surface area contributed by atoms with Gasteiger partial charge in [-0.05, 0) is 38.8 Å². The lowest BCUT2D eigenvalue weighted by atomic mass is 9.92. The molecule has 20 heavy (non-hydrogen) atoms. The van der Waals surface area contributed by atoms with Crippen LogP contribution in [0.3, 0.4) is 0 Å². The second-order valence-corrected chi connectivity index (χ2v) is 5.78. The molecule has 1 amide bonds. The molecule has 2 saturated heterocycles. The summed E-state index contributed by atoms with van der Waals surface area (Å²) < 4.78 is 4.93. The van der Waals surface area contributed by atoms with Gasteiger partial charge in [-0.2, -0.15) is 0 Å². The van der Waals surface area contributed by atoms with Crippen molar-refractivity contribution >= 4 is 11.7 Å². The zero-order valence-electron chi connectivity index (χ0n) is 11.9. The molecule has 2 N–H and O–H groups in total. The summed E-state index contributed by atoms with van der Waals surface area (Å²) >= 11 is 0. The van der Waals surface area contributed by atoms with E-state index >= 15 is 0 Å². The van der Waals surface area contributed by atoms with Crippen LogP contribution in [0.15, 0.2) is 10.6 Å². The van der Waals surface area contributed by atoms with Crippen molar-refractivity contribution in [3.8, 4) is 0 Å². The van der Waals surface area contributed by atoms with Gasteiger partial charge >= 0.3 is 0 Å². The number of likely N-dealkylation sites (tertiary alicyclic amines) is 1. The molecule has 2 unspecified atom stereocenters. The Hall–Kier alpha value is -1.40. The van der Waals surface area contributed by atoms with Crippen LogP contribution in [0.2, 0.25) is 0 Å². The maximum atomic E-state index is 11.9. The number of amides is 1. The van der Waals surface area contributed by atoms with Crippen LogP contribution in [0.4, 0.5) is 5.82 Å².